The second-order valence-corrected chi connectivity index (χ2v) is 8.51. The molecule has 2 aromatic carbocycles. The van der Waals surface area contributed by atoms with E-state index in [4.69, 9.17) is 30.0 Å². The van der Waals surface area contributed by atoms with Crippen LogP contribution in [-0.2, 0) is 9.47 Å². The molecule has 0 fully saturated rings. The summed E-state index contributed by atoms with van der Waals surface area (Å²) in [7, 11) is 3.03. The normalized spacial score (nSPS) is 13.6. The molecule has 0 amide bonds. The van der Waals surface area contributed by atoms with Crippen LogP contribution in [0, 0.1) is 10.8 Å². The van der Waals surface area contributed by atoms with E-state index in [2.05, 4.69) is 20.1 Å². The average molecular weight is 497 g/mol. The standard InChI is InChI=1S/C24H28N6O6/c1-23(13-27-29-25,15-35-21(31)17-5-9-19(33-3)10-6-17)24(2,14-28-30-26)16-36-22(32)18-7-11-20(34-4)12-8-18/h5-12H,13-16H2,1-4H3/t23-,24-/m1/s1. The van der Waals surface area contributed by atoms with Crippen molar-refractivity contribution in [3.63, 3.8) is 0 Å². The Morgan fingerprint density at radius 2 is 1.06 bits per heavy atom. The van der Waals surface area contributed by atoms with Crippen LogP contribution in [0.3, 0.4) is 0 Å². The molecule has 36 heavy (non-hydrogen) atoms. The third-order valence-electron chi connectivity index (χ3n) is 6.12. The van der Waals surface area contributed by atoms with Gasteiger partial charge in [0.15, 0.2) is 0 Å². The first-order valence-electron chi connectivity index (χ1n) is 10.9. The van der Waals surface area contributed by atoms with Crippen LogP contribution in [0.25, 0.3) is 20.9 Å². The number of hydrogen-bond acceptors (Lipinski definition) is 8. The molecule has 12 nitrogen and oxygen atoms in total. The Balaban J connectivity index is 2.25. The lowest BCUT2D eigenvalue weighted by molar-refractivity contribution is -0.0430. The van der Waals surface area contributed by atoms with Gasteiger partial charge in [-0.2, -0.15) is 0 Å². The predicted octanol–water partition coefficient (Wildman–Crippen LogP) is 5.35. The number of benzene rings is 2. The van der Waals surface area contributed by atoms with Gasteiger partial charge in [0, 0.05) is 33.7 Å². The summed E-state index contributed by atoms with van der Waals surface area (Å²) in [5.41, 5.74) is 16.4. The Hall–Kier alpha value is -4.40. The fraction of sp³-hybridized carbons (Fsp3) is 0.417. The highest BCUT2D eigenvalue weighted by Gasteiger charge is 2.46. The third-order valence-corrected chi connectivity index (χ3v) is 6.12. The third kappa shape index (κ3) is 7.05. The van der Waals surface area contributed by atoms with E-state index in [0.717, 1.165) is 0 Å². The Labute approximate surface area is 208 Å². The minimum absolute atomic E-state index is 0.114. The number of methoxy groups -OCH3 is 2. The van der Waals surface area contributed by atoms with Crippen LogP contribution < -0.4 is 9.47 Å². The molecule has 2 aromatic rings. The molecule has 0 aliphatic heterocycles. The molecule has 0 saturated carbocycles. The molecule has 0 aliphatic carbocycles. The van der Waals surface area contributed by atoms with Gasteiger partial charge in [0.2, 0.25) is 0 Å². The van der Waals surface area contributed by atoms with Crippen molar-refractivity contribution in [3.8, 4) is 11.5 Å². The van der Waals surface area contributed by atoms with E-state index in [1.54, 1.807) is 62.4 Å². The summed E-state index contributed by atoms with van der Waals surface area (Å²) in [6.45, 7) is 2.78. The molecular weight excluding hydrogens is 468 g/mol. The molecule has 0 aromatic heterocycles. The van der Waals surface area contributed by atoms with Crippen LogP contribution in [0.15, 0.2) is 58.8 Å². The molecule has 0 N–H and O–H groups in total. The molecule has 0 spiro atoms. The summed E-state index contributed by atoms with van der Waals surface area (Å²) in [4.78, 5) is 31.0. The largest absolute Gasteiger partial charge is 0.497 e. The highest BCUT2D eigenvalue weighted by molar-refractivity contribution is 5.90. The van der Waals surface area contributed by atoms with Gasteiger partial charge in [0.05, 0.1) is 38.6 Å². The molecule has 0 radical (unpaired) electrons. The van der Waals surface area contributed by atoms with Crippen LogP contribution in [0.1, 0.15) is 34.6 Å². The van der Waals surface area contributed by atoms with Crippen LogP contribution in [0.4, 0.5) is 0 Å². The zero-order chi connectivity index (χ0) is 26.6. The number of hydrogen-bond donors (Lipinski definition) is 0. The number of esters is 2. The maximum atomic E-state index is 12.7. The molecule has 0 saturated heterocycles. The van der Waals surface area contributed by atoms with Crippen molar-refractivity contribution in [2.45, 2.75) is 13.8 Å². The van der Waals surface area contributed by atoms with E-state index >= 15 is 0 Å². The topological polar surface area (TPSA) is 169 Å². The molecule has 0 unspecified atom stereocenters. The predicted molar refractivity (Wildman–Crippen MR) is 131 cm³/mol. The van der Waals surface area contributed by atoms with Crippen molar-refractivity contribution in [1.29, 1.82) is 0 Å². The summed E-state index contributed by atoms with van der Waals surface area (Å²) in [5.74, 6) is -0.0434. The van der Waals surface area contributed by atoms with Crippen molar-refractivity contribution in [2.75, 3.05) is 40.5 Å². The fourth-order valence-corrected chi connectivity index (χ4v) is 3.27. The maximum Gasteiger partial charge on any atom is 0.338 e. The molecule has 0 bridgehead atoms. The van der Waals surface area contributed by atoms with Crippen molar-refractivity contribution >= 4 is 11.9 Å². The monoisotopic (exact) mass is 496 g/mol. The van der Waals surface area contributed by atoms with Crippen molar-refractivity contribution < 1.29 is 28.5 Å². The van der Waals surface area contributed by atoms with E-state index in [-0.39, 0.29) is 26.3 Å². The Bertz CT molecular complexity index is 1050. The van der Waals surface area contributed by atoms with E-state index in [0.29, 0.717) is 22.6 Å². The van der Waals surface area contributed by atoms with Crippen molar-refractivity contribution in [2.24, 2.45) is 21.1 Å². The van der Waals surface area contributed by atoms with Crippen LogP contribution in [0.2, 0.25) is 0 Å². The minimum atomic E-state index is -1.06. The van der Waals surface area contributed by atoms with E-state index in [1.807, 2.05) is 0 Å². The average Bonchev–Trinajstić information content (AvgIpc) is 2.92. The van der Waals surface area contributed by atoms with Gasteiger partial charge in [0.25, 0.3) is 0 Å². The molecule has 12 heteroatoms. The number of carbonyl (C=O) groups excluding carboxylic acids is 2. The highest BCUT2D eigenvalue weighted by Crippen LogP contribution is 2.41. The van der Waals surface area contributed by atoms with E-state index < -0.39 is 22.8 Å². The molecule has 2 rings (SSSR count). The van der Waals surface area contributed by atoms with Gasteiger partial charge in [-0.05, 0) is 59.6 Å². The van der Waals surface area contributed by atoms with Crippen molar-refractivity contribution in [3.05, 3.63) is 80.5 Å². The number of rotatable bonds is 13. The summed E-state index contributed by atoms with van der Waals surface area (Å²) < 4.78 is 21.3. The van der Waals surface area contributed by atoms with Crippen molar-refractivity contribution in [1.82, 2.24) is 0 Å². The van der Waals surface area contributed by atoms with Gasteiger partial charge < -0.3 is 18.9 Å². The van der Waals surface area contributed by atoms with Gasteiger partial charge >= 0.3 is 11.9 Å². The van der Waals surface area contributed by atoms with Gasteiger partial charge in [-0.3, -0.25) is 0 Å². The Kier molecular flexibility index (Phi) is 9.97. The lowest BCUT2D eigenvalue weighted by Crippen LogP contribution is -2.49. The second kappa shape index (κ2) is 12.9. The smallest absolute Gasteiger partial charge is 0.338 e. The SMILES string of the molecule is COc1ccc(C(=O)OC[C@@](C)(CN=[N+]=[N-])[C@](C)(CN=[N+]=[N-])COC(=O)c2ccc(OC)cc2)cc1. The Morgan fingerprint density at radius 1 is 0.722 bits per heavy atom. The first-order valence-corrected chi connectivity index (χ1v) is 10.9. The van der Waals surface area contributed by atoms with Crippen LogP contribution in [0.5, 0.6) is 11.5 Å². The number of ether oxygens (including phenoxy) is 4. The van der Waals surface area contributed by atoms with Gasteiger partial charge in [-0.1, -0.05) is 24.1 Å². The molecule has 2 atom stereocenters. The lowest BCUT2D eigenvalue weighted by Gasteiger charge is -2.44. The minimum Gasteiger partial charge on any atom is -0.497 e. The summed E-state index contributed by atoms with van der Waals surface area (Å²) in [6, 6.07) is 12.7. The van der Waals surface area contributed by atoms with Crippen LogP contribution >= 0.6 is 0 Å². The quantitative estimate of drug-likeness (QED) is 0.157. The first-order chi connectivity index (χ1) is 17.2. The van der Waals surface area contributed by atoms with Gasteiger partial charge in [0.1, 0.15) is 11.5 Å². The maximum absolute atomic E-state index is 12.7. The van der Waals surface area contributed by atoms with Crippen LogP contribution in [-0.4, -0.2) is 52.5 Å². The zero-order valence-corrected chi connectivity index (χ0v) is 20.6. The van der Waals surface area contributed by atoms with Gasteiger partial charge in [-0.25, -0.2) is 9.59 Å². The summed E-state index contributed by atoms with van der Waals surface area (Å²) in [6.07, 6.45) is 0. The zero-order valence-electron chi connectivity index (χ0n) is 20.6. The highest BCUT2D eigenvalue weighted by atomic mass is 16.5. The summed E-state index contributed by atoms with van der Waals surface area (Å²) >= 11 is 0. The van der Waals surface area contributed by atoms with E-state index in [1.165, 1.54) is 14.2 Å². The lowest BCUT2D eigenvalue weighted by atomic mass is 9.66. The number of carbonyl (C=O) groups is 2. The first kappa shape index (κ1) is 27.8. The molecule has 190 valence electrons. The molecular formula is C24H28N6O6. The van der Waals surface area contributed by atoms with Gasteiger partial charge in [-0.15, -0.1) is 0 Å². The second-order valence-electron chi connectivity index (χ2n) is 8.51. The number of nitrogens with zero attached hydrogens (tertiary/aromatic N) is 6. The number of azide groups is 2. The fourth-order valence-electron chi connectivity index (χ4n) is 3.27. The summed E-state index contributed by atoms with van der Waals surface area (Å²) in [5, 5.41) is 7.36. The Morgan fingerprint density at radius 3 is 1.33 bits per heavy atom. The van der Waals surface area contributed by atoms with E-state index in [9.17, 15) is 9.59 Å². The molecule has 0 heterocycles. The molecule has 0 aliphatic rings.